The third kappa shape index (κ3) is 5.12. The van der Waals surface area contributed by atoms with Gasteiger partial charge in [-0.1, -0.05) is 0 Å². The van der Waals surface area contributed by atoms with Gasteiger partial charge in [0.2, 0.25) is 0 Å². The van der Waals surface area contributed by atoms with Crippen LogP contribution in [0.3, 0.4) is 0 Å². The van der Waals surface area contributed by atoms with Crippen molar-refractivity contribution in [2.24, 2.45) is 0 Å². The molecule has 0 aliphatic carbocycles. The molecule has 10 heavy (non-hydrogen) atoms. The molecule has 0 N–H and O–H groups in total. The molecule has 0 spiro atoms. The maximum atomic E-state index is 5.02. The normalized spacial score (nSPS) is 10.4. The predicted molar refractivity (Wildman–Crippen MR) is 36.5 cm³/mol. The molecule has 2 nitrogen and oxygen atoms in total. The van der Waals surface area contributed by atoms with Crippen molar-refractivity contribution in [1.82, 2.24) is 0 Å². The average Bonchev–Trinajstić information content (AvgIpc) is 1.99. The zero-order valence-corrected chi connectivity index (χ0v) is 7.27. The molecule has 0 aromatic rings. The van der Waals surface area contributed by atoms with Crippen LogP contribution >= 0.6 is 0 Å². The fourth-order valence-electron chi connectivity index (χ4n) is 0.287. The summed E-state index contributed by atoms with van der Waals surface area (Å²) >= 11 is 3.49. The van der Waals surface area contributed by atoms with Crippen molar-refractivity contribution >= 4 is 4.79 Å². The van der Waals surface area contributed by atoms with E-state index in [1.165, 1.54) is 7.11 Å². The summed E-state index contributed by atoms with van der Waals surface area (Å²) < 4.78 is 9.70. The van der Waals surface area contributed by atoms with Crippen molar-refractivity contribution in [2.75, 3.05) is 13.7 Å². The van der Waals surface area contributed by atoms with Crippen LogP contribution in [0.5, 0.6) is 0 Å². The van der Waals surface area contributed by atoms with Crippen molar-refractivity contribution < 1.29 is 25.0 Å². The van der Waals surface area contributed by atoms with Crippen LogP contribution < -0.4 is 0 Å². The summed E-state index contributed by atoms with van der Waals surface area (Å²) in [6, 6.07) is 0. The quantitative estimate of drug-likeness (QED) is 0.590. The molecule has 0 atom stereocenters. The van der Waals surface area contributed by atoms with E-state index in [9.17, 15) is 0 Å². The number of hydrogen-bond donors (Lipinski definition) is 0. The van der Waals surface area contributed by atoms with Crippen molar-refractivity contribution in [3.63, 3.8) is 0 Å². The molecule has 0 aliphatic rings. The Morgan fingerprint density at radius 3 is 2.70 bits per heavy atom. The van der Waals surface area contributed by atoms with Crippen molar-refractivity contribution in [2.45, 2.75) is 6.92 Å². The second kappa shape index (κ2) is 6.05. The van der Waals surface area contributed by atoms with Crippen LogP contribution in [-0.2, 0) is 25.0 Å². The molecule has 0 unspecified atom stereocenters. The van der Waals surface area contributed by atoms with Gasteiger partial charge in [0.05, 0.1) is 0 Å². The molecule has 0 bridgehead atoms. The van der Waals surface area contributed by atoms with E-state index in [4.69, 9.17) is 4.74 Å². The Morgan fingerprint density at radius 1 is 1.70 bits per heavy atom. The third-order valence-corrected chi connectivity index (χ3v) is 1.30. The van der Waals surface area contributed by atoms with Gasteiger partial charge in [0.15, 0.2) is 0 Å². The van der Waals surface area contributed by atoms with Gasteiger partial charge in [-0.15, -0.1) is 0 Å². The van der Waals surface area contributed by atoms with E-state index in [0.29, 0.717) is 11.4 Å². The van der Waals surface area contributed by atoms with Gasteiger partial charge in [0.1, 0.15) is 0 Å². The monoisotopic (exact) mass is 183 g/mol. The molecule has 0 aliphatic heterocycles. The van der Waals surface area contributed by atoms with Crippen LogP contribution in [0.1, 0.15) is 6.92 Å². The molecule has 0 saturated carbocycles. The fraction of sp³-hybridized carbons (Fsp3) is 0.429. The van der Waals surface area contributed by atoms with Gasteiger partial charge in [0, 0.05) is 0 Å². The van der Waals surface area contributed by atoms with E-state index in [1.807, 2.05) is 6.92 Å². The molecular formula is C7H11FeO2+. The van der Waals surface area contributed by atoms with E-state index >= 15 is 0 Å². The van der Waals surface area contributed by atoms with Gasteiger partial charge >= 0.3 is 69.7 Å². The zero-order chi connectivity index (χ0) is 7.98. The molecule has 0 aromatic heterocycles. The van der Waals surface area contributed by atoms with E-state index < -0.39 is 0 Å². The topological polar surface area (TPSA) is 18.5 Å². The van der Waals surface area contributed by atoms with Crippen LogP contribution in [0.25, 0.3) is 0 Å². The van der Waals surface area contributed by atoms with E-state index in [1.54, 1.807) is 6.42 Å². The summed E-state index contributed by atoms with van der Waals surface area (Å²) in [5, 5.41) is 0. The van der Waals surface area contributed by atoms with Gasteiger partial charge in [-0.3, -0.25) is 0 Å². The Labute approximate surface area is 70.3 Å². The first-order valence-corrected chi connectivity index (χ1v) is 3.38. The van der Waals surface area contributed by atoms with Crippen molar-refractivity contribution in [3.05, 3.63) is 19.3 Å². The minimum atomic E-state index is 0.334. The molecular weight excluding hydrogens is 172 g/mol. The first kappa shape index (κ1) is 10.3. The molecule has 0 heterocycles. The Bertz CT molecular complexity index is 104. The van der Waals surface area contributed by atoms with Crippen LogP contribution in [0.4, 0.5) is 0 Å². The Balaban J connectivity index is 3.26. The number of rotatable bonds is 5. The zero-order valence-electron chi connectivity index (χ0n) is 6.16. The summed E-state index contributed by atoms with van der Waals surface area (Å²) in [7, 11) is 1.52. The third-order valence-electron chi connectivity index (χ3n) is 0.914. The summed E-state index contributed by atoms with van der Waals surface area (Å²) in [6.07, 6.45) is 1.74. The molecule has 0 fully saturated rings. The first-order valence-electron chi connectivity index (χ1n) is 2.83. The van der Waals surface area contributed by atoms with Gasteiger partial charge in [-0.2, -0.15) is 0 Å². The second-order valence-electron chi connectivity index (χ2n) is 1.77. The van der Waals surface area contributed by atoms with Gasteiger partial charge < -0.3 is 0 Å². The fourth-order valence-corrected chi connectivity index (χ4v) is 0.366. The van der Waals surface area contributed by atoms with Gasteiger partial charge in [0.25, 0.3) is 0 Å². The first-order chi connectivity index (χ1) is 4.70. The van der Waals surface area contributed by atoms with Crippen molar-refractivity contribution in [1.29, 1.82) is 0 Å². The maximum absolute atomic E-state index is 5.02. The Hall–Kier alpha value is 0.309. The molecule has 0 rings (SSSR count). The van der Waals surface area contributed by atoms with Gasteiger partial charge in [-0.25, -0.2) is 0 Å². The van der Waals surface area contributed by atoms with E-state index in [-0.39, 0.29) is 0 Å². The molecule has 0 saturated heterocycles. The molecule has 0 amide bonds. The van der Waals surface area contributed by atoms with E-state index in [0.717, 1.165) is 5.92 Å². The summed E-state index contributed by atoms with van der Waals surface area (Å²) in [6.45, 7) is 6.00. The predicted octanol–water partition coefficient (Wildman–Crippen LogP) is 0.916. The molecule has 3 heteroatoms. The summed E-state index contributed by atoms with van der Waals surface area (Å²) in [4.78, 5) is 0.334. The Morgan fingerprint density at radius 2 is 2.30 bits per heavy atom. The van der Waals surface area contributed by atoms with Gasteiger partial charge in [-0.05, 0) is 0 Å². The SMILES string of the molecule is [CH2][CH][C](C)CO[C](=[Fe+])OC. The van der Waals surface area contributed by atoms with E-state index in [2.05, 4.69) is 27.2 Å². The minimum absolute atomic E-state index is 0.334. The summed E-state index contributed by atoms with van der Waals surface area (Å²) in [5.41, 5.74) is 0. The van der Waals surface area contributed by atoms with Crippen LogP contribution in [-0.4, -0.2) is 18.5 Å². The standard InChI is InChI=1S/C7H11O2.Fe/c1-4-7(2)5-9-6-8-3;/h4H,1,5H2,2-3H3;/q;+1. The molecule has 3 radical (unpaired) electrons. The molecule has 58 valence electrons. The number of methoxy groups -OCH3 is 1. The van der Waals surface area contributed by atoms with Crippen LogP contribution in [0.15, 0.2) is 0 Å². The number of ether oxygens (including phenoxy) is 2. The van der Waals surface area contributed by atoms with Crippen LogP contribution in [0.2, 0.25) is 0 Å². The molecule has 0 aromatic carbocycles. The average molecular weight is 183 g/mol. The van der Waals surface area contributed by atoms with Crippen molar-refractivity contribution in [3.8, 4) is 0 Å². The van der Waals surface area contributed by atoms with Crippen LogP contribution in [0, 0.1) is 19.3 Å². The second-order valence-corrected chi connectivity index (χ2v) is 2.22. The summed E-state index contributed by atoms with van der Waals surface area (Å²) in [5.74, 6) is 1.05. The Kier molecular flexibility index (Phi) is 6.23. The number of hydrogen-bond acceptors (Lipinski definition) is 2.